The van der Waals surface area contributed by atoms with E-state index in [1.807, 2.05) is 12.4 Å². The SMILES string of the molecule is Cl.Cl.c1cc(CC[C@H]2CCCN2)ccn1. The fraction of sp³-hybridized carbons (Fsp3) is 0.545. The second kappa shape index (κ2) is 7.91. The van der Waals surface area contributed by atoms with E-state index in [0.717, 1.165) is 6.04 Å². The highest BCUT2D eigenvalue weighted by Crippen LogP contribution is 2.11. The van der Waals surface area contributed by atoms with E-state index in [9.17, 15) is 0 Å². The summed E-state index contributed by atoms with van der Waals surface area (Å²) in [6, 6.07) is 4.97. The van der Waals surface area contributed by atoms with Gasteiger partial charge in [0, 0.05) is 18.4 Å². The molecular formula is C11H18Cl2N2. The maximum Gasteiger partial charge on any atom is 0.0270 e. The Morgan fingerprint density at radius 3 is 2.60 bits per heavy atom. The van der Waals surface area contributed by atoms with Crippen molar-refractivity contribution in [3.63, 3.8) is 0 Å². The molecule has 1 saturated heterocycles. The number of hydrogen-bond acceptors (Lipinski definition) is 2. The van der Waals surface area contributed by atoms with Crippen LogP contribution in [0.1, 0.15) is 24.8 Å². The van der Waals surface area contributed by atoms with Gasteiger partial charge in [0.1, 0.15) is 0 Å². The molecule has 1 N–H and O–H groups in total. The first-order valence-electron chi connectivity index (χ1n) is 5.07. The number of rotatable bonds is 3. The van der Waals surface area contributed by atoms with Gasteiger partial charge in [0.25, 0.3) is 0 Å². The highest BCUT2D eigenvalue weighted by atomic mass is 35.5. The Balaban J connectivity index is 0.000000980. The lowest BCUT2D eigenvalue weighted by Crippen LogP contribution is -2.21. The second-order valence-electron chi connectivity index (χ2n) is 3.69. The van der Waals surface area contributed by atoms with Crippen molar-refractivity contribution in [3.05, 3.63) is 30.1 Å². The molecule has 0 bridgehead atoms. The summed E-state index contributed by atoms with van der Waals surface area (Å²) in [5.41, 5.74) is 1.41. The van der Waals surface area contributed by atoms with Crippen LogP contribution < -0.4 is 5.32 Å². The Bertz CT molecular complexity index is 248. The van der Waals surface area contributed by atoms with Gasteiger partial charge >= 0.3 is 0 Å². The molecule has 4 heteroatoms. The van der Waals surface area contributed by atoms with Gasteiger partial charge in [-0.25, -0.2) is 0 Å². The zero-order chi connectivity index (χ0) is 8.93. The molecule has 1 atom stereocenters. The van der Waals surface area contributed by atoms with Crippen molar-refractivity contribution in [2.45, 2.75) is 31.7 Å². The summed E-state index contributed by atoms with van der Waals surface area (Å²) in [4.78, 5) is 4.01. The van der Waals surface area contributed by atoms with Gasteiger partial charge < -0.3 is 5.32 Å². The van der Waals surface area contributed by atoms with Gasteiger partial charge in [-0.3, -0.25) is 4.98 Å². The average Bonchev–Trinajstić information content (AvgIpc) is 2.69. The fourth-order valence-electron chi connectivity index (χ4n) is 1.89. The van der Waals surface area contributed by atoms with E-state index in [2.05, 4.69) is 22.4 Å². The highest BCUT2D eigenvalue weighted by molar-refractivity contribution is 5.85. The maximum atomic E-state index is 4.01. The first kappa shape index (κ1) is 14.7. The molecule has 0 saturated carbocycles. The van der Waals surface area contributed by atoms with Crippen molar-refractivity contribution in [1.82, 2.24) is 10.3 Å². The molecule has 0 unspecified atom stereocenters. The summed E-state index contributed by atoms with van der Waals surface area (Å²) >= 11 is 0. The second-order valence-corrected chi connectivity index (χ2v) is 3.69. The molecule has 2 nitrogen and oxygen atoms in total. The van der Waals surface area contributed by atoms with Crippen molar-refractivity contribution in [2.24, 2.45) is 0 Å². The third-order valence-electron chi connectivity index (χ3n) is 2.69. The molecule has 0 radical (unpaired) electrons. The van der Waals surface area contributed by atoms with Crippen LogP contribution in [0.2, 0.25) is 0 Å². The lowest BCUT2D eigenvalue weighted by atomic mass is 10.1. The van der Waals surface area contributed by atoms with Crippen LogP contribution >= 0.6 is 24.8 Å². The Morgan fingerprint density at radius 1 is 1.27 bits per heavy atom. The van der Waals surface area contributed by atoms with Gasteiger partial charge in [-0.05, 0) is 49.9 Å². The van der Waals surface area contributed by atoms with Crippen molar-refractivity contribution in [1.29, 1.82) is 0 Å². The van der Waals surface area contributed by atoms with Gasteiger partial charge in [0.2, 0.25) is 0 Å². The summed E-state index contributed by atoms with van der Waals surface area (Å²) in [6.45, 7) is 1.21. The van der Waals surface area contributed by atoms with Crippen LogP contribution in [0.5, 0.6) is 0 Å². The van der Waals surface area contributed by atoms with E-state index < -0.39 is 0 Å². The Morgan fingerprint density at radius 2 is 2.00 bits per heavy atom. The quantitative estimate of drug-likeness (QED) is 0.890. The fourth-order valence-corrected chi connectivity index (χ4v) is 1.89. The molecule has 2 rings (SSSR count). The summed E-state index contributed by atoms with van der Waals surface area (Å²) in [5, 5.41) is 3.51. The maximum absolute atomic E-state index is 4.01. The monoisotopic (exact) mass is 248 g/mol. The van der Waals surface area contributed by atoms with Crippen molar-refractivity contribution in [2.75, 3.05) is 6.54 Å². The van der Waals surface area contributed by atoms with E-state index >= 15 is 0 Å². The lowest BCUT2D eigenvalue weighted by molar-refractivity contribution is 0.559. The smallest absolute Gasteiger partial charge is 0.0270 e. The van der Waals surface area contributed by atoms with E-state index in [0.29, 0.717) is 0 Å². The summed E-state index contributed by atoms with van der Waals surface area (Å²) < 4.78 is 0. The third-order valence-corrected chi connectivity index (χ3v) is 2.69. The van der Waals surface area contributed by atoms with E-state index in [-0.39, 0.29) is 24.8 Å². The van der Waals surface area contributed by atoms with Gasteiger partial charge in [-0.2, -0.15) is 0 Å². The minimum Gasteiger partial charge on any atom is -0.314 e. The van der Waals surface area contributed by atoms with Gasteiger partial charge in [0.05, 0.1) is 0 Å². The van der Waals surface area contributed by atoms with E-state index in [1.165, 1.54) is 37.8 Å². The number of aryl methyl sites for hydroxylation is 1. The molecule has 0 aromatic carbocycles. The van der Waals surface area contributed by atoms with Gasteiger partial charge in [-0.1, -0.05) is 0 Å². The van der Waals surface area contributed by atoms with Gasteiger partial charge in [0.15, 0.2) is 0 Å². The van der Waals surface area contributed by atoms with E-state index in [1.54, 1.807) is 0 Å². The van der Waals surface area contributed by atoms with Crippen LogP contribution in [0.4, 0.5) is 0 Å². The Hall–Kier alpha value is -0.310. The number of nitrogens with zero attached hydrogens (tertiary/aromatic N) is 1. The molecule has 0 aliphatic carbocycles. The minimum absolute atomic E-state index is 0. The molecule has 0 spiro atoms. The Kier molecular flexibility index (Phi) is 7.75. The largest absolute Gasteiger partial charge is 0.314 e. The average molecular weight is 249 g/mol. The number of nitrogens with one attached hydrogen (secondary N) is 1. The van der Waals surface area contributed by atoms with E-state index in [4.69, 9.17) is 0 Å². The number of halogens is 2. The van der Waals surface area contributed by atoms with Crippen molar-refractivity contribution in [3.8, 4) is 0 Å². The molecule has 0 amide bonds. The third kappa shape index (κ3) is 4.83. The summed E-state index contributed by atoms with van der Waals surface area (Å²) in [7, 11) is 0. The van der Waals surface area contributed by atoms with Crippen molar-refractivity contribution < 1.29 is 0 Å². The zero-order valence-electron chi connectivity index (χ0n) is 8.69. The number of aromatic nitrogens is 1. The molecule has 1 aliphatic rings. The normalized spacial score (nSPS) is 19.1. The topological polar surface area (TPSA) is 24.9 Å². The number of hydrogen-bond donors (Lipinski definition) is 1. The van der Waals surface area contributed by atoms with Crippen LogP contribution in [-0.2, 0) is 6.42 Å². The predicted molar refractivity (Wildman–Crippen MR) is 68.1 cm³/mol. The van der Waals surface area contributed by atoms with Crippen LogP contribution in [0, 0.1) is 0 Å². The molecule has 1 fully saturated rings. The minimum atomic E-state index is 0. The predicted octanol–water partition coefficient (Wildman–Crippen LogP) is 2.61. The molecule has 15 heavy (non-hydrogen) atoms. The molecule has 1 aliphatic heterocycles. The molecule has 86 valence electrons. The zero-order valence-corrected chi connectivity index (χ0v) is 10.3. The first-order chi connectivity index (χ1) is 6.45. The highest BCUT2D eigenvalue weighted by Gasteiger charge is 2.12. The van der Waals surface area contributed by atoms with Crippen LogP contribution in [-0.4, -0.2) is 17.6 Å². The lowest BCUT2D eigenvalue weighted by Gasteiger charge is -2.08. The van der Waals surface area contributed by atoms with Crippen LogP contribution in [0.25, 0.3) is 0 Å². The van der Waals surface area contributed by atoms with Crippen LogP contribution in [0.3, 0.4) is 0 Å². The van der Waals surface area contributed by atoms with Crippen molar-refractivity contribution >= 4 is 24.8 Å². The van der Waals surface area contributed by atoms with Crippen LogP contribution in [0.15, 0.2) is 24.5 Å². The first-order valence-corrected chi connectivity index (χ1v) is 5.07. The van der Waals surface area contributed by atoms with Gasteiger partial charge in [-0.15, -0.1) is 24.8 Å². The standard InChI is InChI=1S/C11H16N2.2ClH/c1-2-11(13-7-1)4-3-10-5-8-12-9-6-10;;/h5-6,8-9,11,13H,1-4,7H2;2*1H/t11-;;/m1../s1. The number of pyridine rings is 1. The molecular weight excluding hydrogens is 231 g/mol. The summed E-state index contributed by atoms with van der Waals surface area (Å²) in [6.07, 6.45) is 8.89. The Labute approximate surface area is 104 Å². The molecule has 1 aromatic rings. The summed E-state index contributed by atoms with van der Waals surface area (Å²) in [5.74, 6) is 0. The molecule has 2 heterocycles. The molecule has 1 aromatic heterocycles.